The highest BCUT2D eigenvalue weighted by molar-refractivity contribution is 5.45. The minimum atomic E-state index is -0.425. The summed E-state index contributed by atoms with van der Waals surface area (Å²) in [6.45, 7) is 5.93. The molecule has 0 aromatic heterocycles. The Balaban J connectivity index is 3.29. The number of para-hydroxylation sites is 1. The minimum Gasteiger partial charge on any atom is -0.330 e. The molecule has 1 aromatic rings. The Hall–Kier alpha value is -1.68. The summed E-state index contributed by atoms with van der Waals surface area (Å²) in [5.41, 5.74) is 6.09. The van der Waals surface area contributed by atoms with Crippen molar-refractivity contribution in [3.8, 4) is 0 Å². The number of rotatable bonds is 5. The van der Waals surface area contributed by atoms with E-state index in [0.29, 0.717) is 18.5 Å². The summed E-state index contributed by atoms with van der Waals surface area (Å²) in [6.07, 6.45) is 2.36. The van der Waals surface area contributed by atoms with E-state index in [1.807, 2.05) is 6.92 Å². The average molecular weight is 220 g/mol. The van der Waals surface area contributed by atoms with Crippen LogP contribution < -0.4 is 5.73 Å². The molecule has 16 heavy (non-hydrogen) atoms. The lowest BCUT2D eigenvalue weighted by atomic mass is 9.79. The number of nitrogens with zero attached hydrogens (tertiary/aromatic N) is 1. The second-order valence-corrected chi connectivity index (χ2v) is 4.03. The quantitative estimate of drug-likeness (QED) is 0.470. The average Bonchev–Trinajstić information content (AvgIpc) is 2.29. The van der Waals surface area contributed by atoms with Crippen molar-refractivity contribution in [3.05, 3.63) is 52.6 Å². The van der Waals surface area contributed by atoms with Crippen molar-refractivity contribution in [1.82, 2.24) is 0 Å². The normalized spacial score (nSPS) is 14.1. The zero-order valence-corrected chi connectivity index (χ0v) is 9.35. The Kier molecular flexibility index (Phi) is 3.79. The van der Waals surface area contributed by atoms with E-state index < -0.39 is 5.41 Å². The van der Waals surface area contributed by atoms with E-state index in [4.69, 9.17) is 5.73 Å². The van der Waals surface area contributed by atoms with E-state index in [1.54, 1.807) is 24.3 Å². The van der Waals surface area contributed by atoms with E-state index in [9.17, 15) is 10.1 Å². The topological polar surface area (TPSA) is 69.2 Å². The van der Waals surface area contributed by atoms with Crippen LogP contribution in [-0.2, 0) is 5.41 Å². The van der Waals surface area contributed by atoms with Crippen LogP contribution in [0.3, 0.4) is 0 Å². The van der Waals surface area contributed by atoms with E-state index in [-0.39, 0.29) is 10.6 Å². The molecule has 0 fully saturated rings. The van der Waals surface area contributed by atoms with Crippen molar-refractivity contribution in [2.45, 2.75) is 18.8 Å². The van der Waals surface area contributed by atoms with Crippen molar-refractivity contribution in [3.63, 3.8) is 0 Å². The van der Waals surface area contributed by atoms with Crippen molar-refractivity contribution in [2.75, 3.05) is 6.54 Å². The number of allylic oxidation sites excluding steroid dienone is 1. The Labute approximate surface area is 94.9 Å². The molecule has 0 amide bonds. The zero-order chi connectivity index (χ0) is 12.2. The lowest BCUT2D eigenvalue weighted by Crippen LogP contribution is -2.32. The summed E-state index contributed by atoms with van der Waals surface area (Å²) in [5.74, 6) is 0. The molecule has 0 aliphatic carbocycles. The maximum absolute atomic E-state index is 10.9. The van der Waals surface area contributed by atoms with Crippen molar-refractivity contribution in [1.29, 1.82) is 0 Å². The summed E-state index contributed by atoms with van der Waals surface area (Å²) in [6, 6.07) is 6.71. The zero-order valence-electron chi connectivity index (χ0n) is 9.35. The molecule has 1 rings (SSSR count). The molecule has 0 bridgehead atoms. The maximum atomic E-state index is 10.9. The predicted octanol–water partition coefficient (Wildman–Crippen LogP) is 2.39. The van der Waals surface area contributed by atoms with Crippen LogP contribution >= 0.6 is 0 Å². The van der Waals surface area contributed by atoms with Crippen LogP contribution in [0.4, 0.5) is 5.69 Å². The molecule has 0 heterocycles. The first kappa shape index (κ1) is 12.4. The van der Waals surface area contributed by atoms with Gasteiger partial charge in [0.05, 0.1) is 4.92 Å². The summed E-state index contributed by atoms with van der Waals surface area (Å²) >= 11 is 0. The van der Waals surface area contributed by atoms with Crippen LogP contribution in [0, 0.1) is 10.1 Å². The minimum absolute atomic E-state index is 0.123. The number of hydrogen-bond donors (Lipinski definition) is 1. The number of hydrogen-bond acceptors (Lipinski definition) is 3. The highest BCUT2D eigenvalue weighted by Gasteiger charge is 2.30. The molecular formula is C12H16N2O2. The molecule has 0 saturated heterocycles. The Morgan fingerprint density at radius 1 is 1.56 bits per heavy atom. The first-order chi connectivity index (χ1) is 7.55. The van der Waals surface area contributed by atoms with Crippen LogP contribution in [0.5, 0.6) is 0 Å². The van der Waals surface area contributed by atoms with Gasteiger partial charge < -0.3 is 5.73 Å². The second kappa shape index (κ2) is 4.90. The third kappa shape index (κ3) is 2.28. The summed E-state index contributed by atoms with van der Waals surface area (Å²) < 4.78 is 0. The fourth-order valence-corrected chi connectivity index (χ4v) is 1.77. The Bertz CT molecular complexity index is 404. The number of nitro groups is 1. The fraction of sp³-hybridized carbons (Fsp3) is 0.333. The van der Waals surface area contributed by atoms with Gasteiger partial charge in [0.2, 0.25) is 0 Å². The monoisotopic (exact) mass is 220 g/mol. The highest BCUT2D eigenvalue weighted by atomic mass is 16.6. The summed E-state index contributed by atoms with van der Waals surface area (Å²) in [4.78, 5) is 10.6. The lowest BCUT2D eigenvalue weighted by Gasteiger charge is -2.26. The van der Waals surface area contributed by atoms with Gasteiger partial charge in [0.25, 0.3) is 5.69 Å². The molecule has 0 aliphatic rings. The Morgan fingerprint density at radius 2 is 2.19 bits per heavy atom. The first-order valence-corrected chi connectivity index (χ1v) is 5.10. The summed E-state index contributed by atoms with van der Waals surface area (Å²) in [7, 11) is 0. The molecule has 0 spiro atoms. The van der Waals surface area contributed by atoms with E-state index in [1.165, 1.54) is 6.07 Å². The van der Waals surface area contributed by atoms with Gasteiger partial charge in [-0.05, 0) is 6.42 Å². The van der Waals surface area contributed by atoms with E-state index in [0.717, 1.165) is 0 Å². The second-order valence-electron chi connectivity index (χ2n) is 4.03. The molecule has 1 atom stereocenters. The van der Waals surface area contributed by atoms with Crippen LogP contribution in [0.25, 0.3) is 0 Å². The van der Waals surface area contributed by atoms with E-state index >= 15 is 0 Å². The lowest BCUT2D eigenvalue weighted by molar-refractivity contribution is -0.386. The van der Waals surface area contributed by atoms with Crippen LogP contribution in [0.1, 0.15) is 18.9 Å². The molecule has 0 saturated carbocycles. The van der Waals surface area contributed by atoms with Gasteiger partial charge in [-0.2, -0.15) is 0 Å². The predicted molar refractivity (Wildman–Crippen MR) is 64.3 cm³/mol. The van der Waals surface area contributed by atoms with Crippen molar-refractivity contribution < 1.29 is 4.92 Å². The molecule has 4 nitrogen and oxygen atoms in total. The van der Waals surface area contributed by atoms with Gasteiger partial charge in [-0.3, -0.25) is 10.1 Å². The standard InChI is InChI=1S/C12H16N2O2/c1-3-8-12(2,9-13)10-6-4-5-7-11(10)14(15)16/h3-7H,1,8-9,13H2,2H3. The molecule has 0 aliphatic heterocycles. The SMILES string of the molecule is C=CCC(C)(CN)c1ccccc1[N+](=O)[O-]. The molecular weight excluding hydrogens is 204 g/mol. The van der Waals surface area contributed by atoms with Crippen molar-refractivity contribution in [2.24, 2.45) is 5.73 Å². The van der Waals surface area contributed by atoms with Gasteiger partial charge in [0, 0.05) is 23.6 Å². The Morgan fingerprint density at radius 3 is 2.69 bits per heavy atom. The third-order valence-electron chi connectivity index (χ3n) is 2.80. The van der Waals surface area contributed by atoms with Gasteiger partial charge in [-0.15, -0.1) is 6.58 Å². The largest absolute Gasteiger partial charge is 0.330 e. The molecule has 4 heteroatoms. The molecule has 2 N–H and O–H groups in total. The molecule has 86 valence electrons. The molecule has 1 aromatic carbocycles. The maximum Gasteiger partial charge on any atom is 0.273 e. The third-order valence-corrected chi connectivity index (χ3v) is 2.80. The van der Waals surface area contributed by atoms with E-state index in [2.05, 4.69) is 6.58 Å². The molecule has 0 radical (unpaired) electrons. The van der Waals surface area contributed by atoms with Gasteiger partial charge in [-0.1, -0.05) is 31.2 Å². The number of nitro benzene ring substituents is 1. The van der Waals surface area contributed by atoms with Crippen LogP contribution in [-0.4, -0.2) is 11.5 Å². The smallest absolute Gasteiger partial charge is 0.273 e. The van der Waals surface area contributed by atoms with Crippen molar-refractivity contribution >= 4 is 5.69 Å². The molecule has 1 unspecified atom stereocenters. The van der Waals surface area contributed by atoms with Gasteiger partial charge in [0.1, 0.15) is 0 Å². The fourth-order valence-electron chi connectivity index (χ4n) is 1.77. The van der Waals surface area contributed by atoms with Gasteiger partial charge in [0.15, 0.2) is 0 Å². The van der Waals surface area contributed by atoms with Crippen LogP contribution in [0.15, 0.2) is 36.9 Å². The summed E-state index contributed by atoms with van der Waals surface area (Å²) in [5, 5.41) is 10.9. The number of nitrogens with two attached hydrogens (primary N) is 1. The first-order valence-electron chi connectivity index (χ1n) is 5.10. The van der Waals surface area contributed by atoms with Crippen LogP contribution in [0.2, 0.25) is 0 Å². The van der Waals surface area contributed by atoms with Gasteiger partial charge >= 0.3 is 0 Å². The number of benzene rings is 1. The van der Waals surface area contributed by atoms with Gasteiger partial charge in [-0.25, -0.2) is 0 Å². The highest BCUT2D eigenvalue weighted by Crippen LogP contribution is 2.33.